The predicted octanol–water partition coefficient (Wildman–Crippen LogP) is 6.07. The predicted molar refractivity (Wildman–Crippen MR) is 151 cm³/mol. The number of rotatable bonds is 9. The van der Waals surface area contributed by atoms with Crippen molar-refractivity contribution in [3.05, 3.63) is 62.8 Å². The quantitative estimate of drug-likeness (QED) is 0.0727. The minimum atomic E-state index is -1.75. The molecule has 3 rings (SSSR count). The van der Waals surface area contributed by atoms with Gasteiger partial charge in [0.2, 0.25) is 0 Å². The van der Waals surface area contributed by atoms with Gasteiger partial charge in [-0.15, -0.1) is 0 Å². The van der Waals surface area contributed by atoms with Gasteiger partial charge in [0.05, 0.1) is 33.8 Å². The van der Waals surface area contributed by atoms with E-state index in [4.69, 9.17) is 37.1 Å². The number of likely N-dealkylation sites (N-methyl/N-ethyl adjacent to an activating group) is 1. The van der Waals surface area contributed by atoms with Crippen molar-refractivity contribution < 1.29 is 33.0 Å². The number of ether oxygens (including phenoxy) is 1. The molecule has 0 spiro atoms. The van der Waals surface area contributed by atoms with Gasteiger partial charge in [-0.2, -0.15) is 0 Å². The van der Waals surface area contributed by atoms with Crippen molar-refractivity contribution >= 4 is 55.0 Å². The molecular formula is C22H32Cl2FN9O4Pt. The minimum absolute atomic E-state index is 0. The summed E-state index contributed by atoms with van der Waals surface area (Å²) in [6, 6.07) is 8.21. The fraction of sp³-hybridized carbons (Fsp3) is 0.318. The molecule has 1 heterocycles. The first-order valence-corrected chi connectivity index (χ1v) is 13.9. The third-order valence-corrected chi connectivity index (χ3v) is 5.07. The van der Waals surface area contributed by atoms with Crippen LogP contribution in [0.5, 0.6) is 5.75 Å². The number of anilines is 3. The fourth-order valence-electron chi connectivity index (χ4n) is 3.07. The second kappa shape index (κ2) is 20.0. The maximum atomic E-state index is 13.5. The molecule has 0 aliphatic heterocycles. The molecular weight excluding hydrogens is 739 g/mol. The van der Waals surface area contributed by atoms with E-state index in [1.54, 1.807) is 24.8 Å². The Hall–Kier alpha value is -3.03. The first-order chi connectivity index (χ1) is 17.7. The third kappa shape index (κ3) is 12.6. The van der Waals surface area contributed by atoms with E-state index in [1.165, 1.54) is 18.5 Å². The second-order valence-electron chi connectivity index (χ2n) is 7.15. The van der Waals surface area contributed by atoms with Gasteiger partial charge in [-0.1, -0.05) is 18.5 Å². The van der Waals surface area contributed by atoms with Crippen LogP contribution in [-0.2, 0) is 18.8 Å². The van der Waals surface area contributed by atoms with E-state index in [1.807, 2.05) is 37.9 Å². The van der Waals surface area contributed by atoms with Gasteiger partial charge in [-0.25, -0.2) is 14.4 Å². The van der Waals surface area contributed by atoms with Crippen LogP contribution in [0.3, 0.4) is 0 Å². The Morgan fingerprint density at radius 3 is 2.41 bits per heavy atom. The molecule has 0 fully saturated rings. The Balaban J connectivity index is 0. The third-order valence-electron chi connectivity index (χ3n) is 4.78. The molecule has 0 saturated carbocycles. The Labute approximate surface area is 246 Å². The fourth-order valence-corrected chi connectivity index (χ4v) is 3.25. The van der Waals surface area contributed by atoms with Crippen molar-refractivity contribution in [3.63, 3.8) is 0 Å². The number of aromatic nitrogens is 2. The molecule has 220 valence electrons. The van der Waals surface area contributed by atoms with Gasteiger partial charge in [0.25, 0.3) is 0 Å². The average molecular weight is 772 g/mol. The van der Waals surface area contributed by atoms with Crippen LogP contribution in [-0.4, -0.2) is 52.5 Å². The van der Waals surface area contributed by atoms with Crippen LogP contribution >= 0.6 is 21.0 Å². The normalized spacial score (nSPS) is 9.33. The van der Waals surface area contributed by atoms with Crippen LogP contribution in [0.25, 0.3) is 10.9 Å². The Bertz CT molecular complexity index is 1190. The number of hydrogen-bond donors (Lipinski definition) is 5. The van der Waals surface area contributed by atoms with E-state index in [9.17, 15) is 4.39 Å². The number of hydrogen-bond acceptors (Lipinski definition) is 11. The molecule has 0 amide bonds. The van der Waals surface area contributed by atoms with E-state index in [-0.39, 0.29) is 17.3 Å². The summed E-state index contributed by atoms with van der Waals surface area (Å²) in [4.78, 5) is 18.9. The van der Waals surface area contributed by atoms with Crippen LogP contribution in [0.2, 0.25) is 5.02 Å². The van der Waals surface area contributed by atoms with Crippen LogP contribution < -0.4 is 27.7 Å². The molecule has 0 saturated heterocycles. The second-order valence-corrected chi connectivity index (χ2v) is 7.55. The Morgan fingerprint density at radius 2 is 1.85 bits per heavy atom. The summed E-state index contributed by atoms with van der Waals surface area (Å²) in [5, 5.41) is 30.1. The number of fused-ring (bicyclic) bond motifs is 1. The summed E-state index contributed by atoms with van der Waals surface area (Å²) >= 11 is 7.51. The number of benzene rings is 2. The summed E-state index contributed by atoms with van der Waals surface area (Å²) in [6.45, 7) is 5.72. The van der Waals surface area contributed by atoms with E-state index >= 15 is 0 Å². The zero-order chi connectivity index (χ0) is 28.0. The monoisotopic (exact) mass is 770 g/mol. The van der Waals surface area contributed by atoms with Gasteiger partial charge in [0, 0.05) is 43.7 Å². The van der Waals surface area contributed by atoms with Gasteiger partial charge in [0.1, 0.15) is 23.7 Å². The van der Waals surface area contributed by atoms with Crippen molar-refractivity contribution in [1.82, 2.24) is 27.2 Å². The van der Waals surface area contributed by atoms with E-state index in [0.29, 0.717) is 54.7 Å². The van der Waals surface area contributed by atoms with Crippen molar-refractivity contribution in [2.24, 2.45) is 0 Å². The van der Waals surface area contributed by atoms with Crippen LogP contribution in [0.15, 0.2) is 36.7 Å². The van der Waals surface area contributed by atoms with Gasteiger partial charge in [-0.3, -0.25) is 5.41 Å². The van der Waals surface area contributed by atoms with Crippen LogP contribution in [0.4, 0.5) is 21.6 Å². The molecule has 0 radical (unpaired) electrons. The summed E-state index contributed by atoms with van der Waals surface area (Å²) in [6.07, 6.45) is 2.15. The molecule has 0 bridgehead atoms. The molecule has 0 unspecified atom stereocenters. The SMILES string of the molecule is CCOc1cc2ncnc(Nc3ccc(F)c(Cl)c3)c2cc1NCCN(C)C(=N)CC.N.N.O=[N+]([O-])[O-].[Cl][Pt+]. The van der Waals surface area contributed by atoms with Gasteiger partial charge in [0.15, 0.2) is 0 Å². The van der Waals surface area contributed by atoms with E-state index in [0.717, 1.165) is 11.1 Å². The molecule has 9 N–H and O–H groups in total. The van der Waals surface area contributed by atoms with E-state index in [2.05, 4.69) is 30.0 Å². The molecule has 2 aromatic carbocycles. The molecule has 17 heteroatoms. The number of nitrogens with one attached hydrogen (secondary N) is 3. The number of amidine groups is 1. The summed E-state index contributed by atoms with van der Waals surface area (Å²) < 4.78 is 19.3. The molecule has 0 atom stereocenters. The van der Waals surface area contributed by atoms with Crippen molar-refractivity contribution in [1.29, 1.82) is 5.41 Å². The summed E-state index contributed by atoms with van der Waals surface area (Å²) in [7, 11) is 6.51. The topological polar surface area (TPSA) is 222 Å². The number of halogens is 3. The standard InChI is InChI=1S/C22H26ClFN6O.ClH.NO3.2H3N.Pt/c1-4-21(25)30(3)9-8-26-19-11-15-18(12-20(19)31-5-2)27-13-28-22(15)29-14-6-7-17(24)16(23)10-14;;2-1(3)4;;;/h6-7,10-13,25-26H,4-5,8-9H2,1-3H3,(H,27,28,29);1H;;2*1H3;/q;;-1;;;+2/p-1. The molecule has 13 nitrogen and oxygen atoms in total. The average Bonchev–Trinajstić information content (AvgIpc) is 2.87. The first-order valence-electron chi connectivity index (χ1n) is 10.8. The van der Waals surface area contributed by atoms with Crippen LogP contribution in [0, 0.1) is 26.5 Å². The van der Waals surface area contributed by atoms with E-state index < -0.39 is 10.9 Å². The zero-order valence-electron chi connectivity index (χ0n) is 21.6. The van der Waals surface area contributed by atoms with Gasteiger partial charge in [-0.05, 0) is 31.2 Å². The Morgan fingerprint density at radius 1 is 1.21 bits per heavy atom. The van der Waals surface area contributed by atoms with Crippen LogP contribution in [0.1, 0.15) is 20.3 Å². The molecule has 1 aromatic heterocycles. The molecule has 39 heavy (non-hydrogen) atoms. The van der Waals surface area contributed by atoms with Gasteiger partial charge < -0.3 is 47.9 Å². The first kappa shape index (κ1) is 38.1. The molecule has 3 aromatic rings. The van der Waals surface area contributed by atoms with Crippen molar-refractivity contribution in [3.8, 4) is 5.75 Å². The molecule has 0 aliphatic carbocycles. The maximum absolute atomic E-state index is 13.5. The van der Waals surface area contributed by atoms with Gasteiger partial charge >= 0.3 is 28.2 Å². The van der Waals surface area contributed by atoms with Crippen molar-refractivity contribution in [2.45, 2.75) is 20.3 Å². The Kier molecular flexibility index (Phi) is 19.5. The van der Waals surface area contributed by atoms with Crippen molar-refractivity contribution in [2.75, 3.05) is 37.4 Å². The zero-order valence-corrected chi connectivity index (χ0v) is 25.4. The summed E-state index contributed by atoms with van der Waals surface area (Å²) in [5.41, 5.74) is 2.14. The molecule has 0 aliphatic rings. The number of nitrogens with zero attached hydrogens (tertiary/aromatic N) is 4. The summed E-state index contributed by atoms with van der Waals surface area (Å²) in [5.74, 6) is 1.37.